The van der Waals surface area contributed by atoms with Gasteiger partial charge in [-0.3, -0.25) is 0 Å². The molecule has 14 heavy (non-hydrogen) atoms. The average Bonchev–Trinajstić information content (AvgIpc) is 2.49. The Balaban J connectivity index is 1.91. The number of nitrogens with one attached hydrogen (secondary N) is 1. The van der Waals surface area contributed by atoms with E-state index in [4.69, 9.17) is 4.42 Å². The first-order valence-electron chi connectivity index (χ1n) is 5.26. The number of hydrogen-bond donors (Lipinski definition) is 1. The van der Waals surface area contributed by atoms with Crippen LogP contribution in [-0.2, 0) is 5.54 Å². The average molecular weight is 193 g/mol. The molecule has 0 aromatic carbocycles. The van der Waals surface area contributed by atoms with Crippen molar-refractivity contribution in [3.8, 4) is 0 Å². The molecule has 1 saturated carbocycles. The molecule has 2 saturated heterocycles. The summed E-state index contributed by atoms with van der Waals surface area (Å²) in [5, 5.41) is 11.6. The third-order valence-electron chi connectivity index (χ3n) is 3.39. The molecule has 1 aliphatic carbocycles. The second-order valence-corrected chi connectivity index (χ2v) is 4.80. The zero-order chi connectivity index (χ0) is 9.76. The second-order valence-electron chi connectivity index (χ2n) is 4.80. The maximum absolute atomic E-state index is 5.53. The van der Waals surface area contributed by atoms with Crippen LogP contribution < -0.4 is 5.32 Å². The lowest BCUT2D eigenvalue weighted by Gasteiger charge is -2.53. The van der Waals surface area contributed by atoms with Crippen LogP contribution >= 0.6 is 0 Å². The zero-order valence-electron chi connectivity index (χ0n) is 8.58. The Labute approximate surface area is 83.1 Å². The van der Waals surface area contributed by atoms with E-state index in [1.54, 1.807) is 0 Å². The molecule has 1 aromatic rings. The Morgan fingerprint density at radius 1 is 1.43 bits per heavy atom. The lowest BCUT2D eigenvalue weighted by molar-refractivity contribution is 0.0131. The molecular formula is C10H15N3O. The van der Waals surface area contributed by atoms with Crippen molar-refractivity contribution in [2.75, 3.05) is 0 Å². The van der Waals surface area contributed by atoms with Gasteiger partial charge in [-0.15, -0.1) is 10.2 Å². The SMILES string of the molecule is Cc1nnc(C23CC(C)CC(C2)N3)o1. The molecule has 1 N–H and O–H groups in total. The van der Waals surface area contributed by atoms with Crippen LogP contribution in [0.5, 0.6) is 0 Å². The van der Waals surface area contributed by atoms with E-state index in [-0.39, 0.29) is 5.54 Å². The van der Waals surface area contributed by atoms with Gasteiger partial charge in [0.05, 0.1) is 5.54 Å². The molecule has 3 aliphatic rings. The lowest BCUT2D eigenvalue weighted by atomic mass is 9.66. The first kappa shape index (κ1) is 8.41. The van der Waals surface area contributed by atoms with Gasteiger partial charge in [-0.1, -0.05) is 6.92 Å². The van der Waals surface area contributed by atoms with E-state index in [0.29, 0.717) is 11.9 Å². The van der Waals surface area contributed by atoms with E-state index in [1.165, 1.54) is 12.8 Å². The van der Waals surface area contributed by atoms with Crippen molar-refractivity contribution in [2.45, 2.75) is 44.7 Å². The van der Waals surface area contributed by atoms with Gasteiger partial charge >= 0.3 is 0 Å². The largest absolute Gasteiger partial charge is 0.424 e. The molecule has 4 rings (SSSR count). The van der Waals surface area contributed by atoms with Crippen molar-refractivity contribution in [3.63, 3.8) is 0 Å². The molecule has 4 nitrogen and oxygen atoms in total. The normalized spacial score (nSPS) is 40.7. The first-order valence-corrected chi connectivity index (χ1v) is 5.26. The summed E-state index contributed by atoms with van der Waals surface area (Å²) in [4.78, 5) is 0. The Morgan fingerprint density at radius 3 is 2.79 bits per heavy atom. The highest BCUT2D eigenvalue weighted by molar-refractivity contribution is 5.15. The van der Waals surface area contributed by atoms with E-state index in [0.717, 1.165) is 18.2 Å². The predicted molar refractivity (Wildman–Crippen MR) is 50.7 cm³/mol. The summed E-state index contributed by atoms with van der Waals surface area (Å²) in [6.07, 6.45) is 3.58. The third-order valence-corrected chi connectivity index (χ3v) is 3.39. The van der Waals surface area contributed by atoms with Crippen LogP contribution in [0.3, 0.4) is 0 Å². The van der Waals surface area contributed by atoms with Crippen molar-refractivity contribution in [1.82, 2.24) is 15.5 Å². The molecule has 3 atom stereocenters. The fourth-order valence-electron chi connectivity index (χ4n) is 2.96. The van der Waals surface area contributed by atoms with Crippen molar-refractivity contribution < 1.29 is 4.42 Å². The number of piperidine rings is 1. The van der Waals surface area contributed by atoms with Crippen LogP contribution in [0.15, 0.2) is 4.42 Å². The summed E-state index contributed by atoms with van der Waals surface area (Å²) in [6, 6.07) is 0.672. The van der Waals surface area contributed by atoms with E-state index >= 15 is 0 Å². The van der Waals surface area contributed by atoms with Gasteiger partial charge in [0.25, 0.3) is 0 Å². The summed E-state index contributed by atoms with van der Waals surface area (Å²) >= 11 is 0. The molecule has 1 aromatic heterocycles. The maximum atomic E-state index is 5.53. The van der Waals surface area contributed by atoms with Gasteiger partial charge in [0, 0.05) is 13.0 Å². The summed E-state index contributed by atoms with van der Waals surface area (Å²) < 4.78 is 5.53. The van der Waals surface area contributed by atoms with Gasteiger partial charge in [0.15, 0.2) is 0 Å². The van der Waals surface area contributed by atoms with Gasteiger partial charge in [0.1, 0.15) is 0 Å². The molecule has 2 bridgehead atoms. The molecule has 3 unspecified atom stereocenters. The summed E-state index contributed by atoms with van der Waals surface area (Å²) in [5.41, 5.74) is 0.0175. The van der Waals surface area contributed by atoms with Crippen molar-refractivity contribution in [2.24, 2.45) is 5.92 Å². The van der Waals surface area contributed by atoms with Crippen molar-refractivity contribution in [3.05, 3.63) is 11.8 Å². The zero-order valence-corrected chi connectivity index (χ0v) is 8.58. The monoisotopic (exact) mass is 193 g/mol. The molecule has 0 radical (unpaired) electrons. The Hall–Kier alpha value is -0.900. The van der Waals surface area contributed by atoms with Crippen molar-refractivity contribution in [1.29, 1.82) is 0 Å². The fraction of sp³-hybridized carbons (Fsp3) is 0.800. The Kier molecular flexibility index (Phi) is 1.54. The Bertz CT molecular complexity index is 354. The highest BCUT2D eigenvalue weighted by Gasteiger charge is 2.53. The number of fused-ring (bicyclic) bond motifs is 2. The van der Waals surface area contributed by atoms with Crippen LogP contribution in [0.4, 0.5) is 0 Å². The Morgan fingerprint density at radius 2 is 2.21 bits per heavy atom. The van der Waals surface area contributed by atoms with Gasteiger partial charge < -0.3 is 9.73 Å². The van der Waals surface area contributed by atoms with Crippen LogP contribution in [0.1, 0.15) is 38.0 Å². The quantitative estimate of drug-likeness (QED) is 0.731. The predicted octanol–water partition coefficient (Wildman–Crippen LogP) is 1.37. The highest BCUT2D eigenvalue weighted by Crippen LogP contribution is 2.47. The van der Waals surface area contributed by atoms with E-state index < -0.39 is 0 Å². The van der Waals surface area contributed by atoms with E-state index in [9.17, 15) is 0 Å². The first-order chi connectivity index (χ1) is 6.68. The molecule has 4 heteroatoms. The molecule has 3 fully saturated rings. The standard InChI is InChI=1S/C10H15N3O/c1-6-3-8-5-10(4-6,11-8)9-13-12-7(2)14-9/h6,8,11H,3-5H2,1-2H3. The number of aromatic nitrogens is 2. The van der Waals surface area contributed by atoms with Gasteiger partial charge in [-0.25, -0.2) is 0 Å². The highest BCUT2D eigenvalue weighted by atomic mass is 16.4. The van der Waals surface area contributed by atoms with Gasteiger partial charge in [0.2, 0.25) is 11.8 Å². The van der Waals surface area contributed by atoms with E-state index in [1.807, 2.05) is 6.92 Å². The number of rotatable bonds is 1. The minimum atomic E-state index is 0.0175. The number of nitrogens with zero attached hydrogens (tertiary/aromatic N) is 2. The van der Waals surface area contributed by atoms with Crippen molar-refractivity contribution >= 4 is 0 Å². The maximum Gasteiger partial charge on any atom is 0.236 e. The minimum Gasteiger partial charge on any atom is -0.424 e. The molecule has 3 heterocycles. The van der Waals surface area contributed by atoms with E-state index in [2.05, 4.69) is 22.4 Å². The minimum absolute atomic E-state index is 0.0175. The summed E-state index contributed by atoms with van der Waals surface area (Å²) in [7, 11) is 0. The van der Waals surface area contributed by atoms with Crippen LogP contribution in [-0.4, -0.2) is 16.2 Å². The molecule has 0 amide bonds. The van der Waals surface area contributed by atoms with Crippen LogP contribution in [0.25, 0.3) is 0 Å². The van der Waals surface area contributed by atoms with Crippen LogP contribution in [0.2, 0.25) is 0 Å². The molecule has 76 valence electrons. The van der Waals surface area contributed by atoms with Crippen LogP contribution in [0, 0.1) is 12.8 Å². The molecule has 0 spiro atoms. The molecular weight excluding hydrogens is 178 g/mol. The number of aryl methyl sites for hydroxylation is 1. The third kappa shape index (κ3) is 1.03. The van der Waals surface area contributed by atoms with Gasteiger partial charge in [-0.05, 0) is 25.2 Å². The summed E-state index contributed by atoms with van der Waals surface area (Å²) in [6.45, 7) is 4.14. The topological polar surface area (TPSA) is 51.0 Å². The number of hydrogen-bond acceptors (Lipinski definition) is 4. The smallest absolute Gasteiger partial charge is 0.236 e. The fourth-order valence-corrected chi connectivity index (χ4v) is 2.96. The molecule has 2 aliphatic heterocycles. The summed E-state index contributed by atoms with van der Waals surface area (Å²) in [5.74, 6) is 2.22. The van der Waals surface area contributed by atoms with Gasteiger partial charge in [-0.2, -0.15) is 0 Å². The second kappa shape index (κ2) is 2.57. The lowest BCUT2D eigenvalue weighted by Crippen LogP contribution is -2.65.